The van der Waals surface area contributed by atoms with Gasteiger partial charge in [-0.15, -0.1) is 0 Å². The summed E-state index contributed by atoms with van der Waals surface area (Å²) >= 11 is 0. The lowest BCUT2D eigenvalue weighted by Crippen LogP contribution is -2.09. The van der Waals surface area contributed by atoms with Crippen LogP contribution in [0.4, 0.5) is 0 Å². The molecule has 0 bridgehead atoms. The Bertz CT molecular complexity index is 736. The Labute approximate surface area is 168 Å². The molecule has 150 valence electrons. The summed E-state index contributed by atoms with van der Waals surface area (Å²) in [7, 11) is 0. The molecule has 0 spiro atoms. The van der Waals surface area contributed by atoms with E-state index in [1.165, 1.54) is 69.8 Å². The minimum absolute atomic E-state index is 1.14. The monoisotopic (exact) mass is 366 g/mol. The van der Waals surface area contributed by atoms with Crippen molar-refractivity contribution in [3.05, 3.63) is 45.5 Å². The first-order chi connectivity index (χ1) is 13.1. The second-order valence-corrected chi connectivity index (χ2v) is 8.22. The lowest BCUT2D eigenvalue weighted by atomic mass is 9.80. The van der Waals surface area contributed by atoms with E-state index in [4.69, 9.17) is 0 Å². The molecular weight excluding hydrogens is 324 g/mol. The minimum Gasteiger partial charge on any atom is -0.0654 e. The second kappa shape index (κ2) is 10.9. The Morgan fingerprint density at radius 3 is 1.52 bits per heavy atom. The van der Waals surface area contributed by atoms with Crippen LogP contribution < -0.4 is 0 Å². The summed E-state index contributed by atoms with van der Waals surface area (Å²) in [5.74, 6) is 0. The molecule has 0 aliphatic heterocycles. The van der Waals surface area contributed by atoms with Crippen molar-refractivity contribution in [1.29, 1.82) is 0 Å². The van der Waals surface area contributed by atoms with E-state index in [0.29, 0.717) is 0 Å². The summed E-state index contributed by atoms with van der Waals surface area (Å²) in [5.41, 5.74) is 9.90. The van der Waals surface area contributed by atoms with Crippen molar-refractivity contribution in [2.75, 3.05) is 0 Å². The van der Waals surface area contributed by atoms with Gasteiger partial charge in [-0.2, -0.15) is 0 Å². The van der Waals surface area contributed by atoms with Gasteiger partial charge in [0.15, 0.2) is 0 Å². The van der Waals surface area contributed by atoms with Crippen LogP contribution in [0.25, 0.3) is 10.8 Å². The first kappa shape index (κ1) is 22.0. The van der Waals surface area contributed by atoms with Crippen molar-refractivity contribution >= 4 is 10.8 Å². The fourth-order valence-electron chi connectivity index (χ4n) is 4.82. The molecule has 0 saturated heterocycles. The quantitative estimate of drug-likeness (QED) is 0.375. The number of benzene rings is 2. The molecule has 0 fully saturated rings. The van der Waals surface area contributed by atoms with Gasteiger partial charge in [0.2, 0.25) is 0 Å². The van der Waals surface area contributed by atoms with Crippen LogP contribution in [0, 0.1) is 6.92 Å². The lowest BCUT2D eigenvalue weighted by Gasteiger charge is -2.25. The summed E-state index contributed by atoms with van der Waals surface area (Å²) in [6, 6.07) is 4.83. The number of hydrogen-bond acceptors (Lipinski definition) is 0. The molecule has 2 aromatic rings. The molecule has 0 N–H and O–H groups in total. The van der Waals surface area contributed by atoms with Gasteiger partial charge in [-0.1, -0.05) is 66.0 Å². The maximum Gasteiger partial charge on any atom is -0.0112 e. The van der Waals surface area contributed by atoms with Gasteiger partial charge in [0.05, 0.1) is 0 Å². The van der Waals surface area contributed by atoms with E-state index < -0.39 is 0 Å². The molecule has 2 rings (SSSR count). The standard InChI is InChI=1S/C27H42/c1-7-12-15-23-22(11-5)27-21(10-4)20(6)18-19-26(27)25(17-14-9-3)24(23)16-13-8-2/h18-19H,7-17H2,1-6H3. The molecule has 0 heteroatoms. The number of hydrogen-bond donors (Lipinski definition) is 0. The summed E-state index contributed by atoms with van der Waals surface area (Å²) in [4.78, 5) is 0. The molecule has 2 aromatic carbocycles. The van der Waals surface area contributed by atoms with Crippen LogP contribution in [0.3, 0.4) is 0 Å². The Kier molecular flexibility index (Phi) is 8.87. The minimum atomic E-state index is 1.14. The summed E-state index contributed by atoms with van der Waals surface area (Å²) < 4.78 is 0. The topological polar surface area (TPSA) is 0 Å². The van der Waals surface area contributed by atoms with Crippen LogP contribution in [0.15, 0.2) is 12.1 Å². The summed E-state index contributed by atoms with van der Waals surface area (Å²) in [5, 5.41) is 3.20. The largest absolute Gasteiger partial charge is 0.0654 e. The van der Waals surface area contributed by atoms with Crippen molar-refractivity contribution in [3.8, 4) is 0 Å². The molecular formula is C27H42. The zero-order valence-electron chi connectivity index (χ0n) is 18.9. The van der Waals surface area contributed by atoms with Gasteiger partial charge in [0, 0.05) is 0 Å². The van der Waals surface area contributed by atoms with E-state index in [-0.39, 0.29) is 0 Å². The average Bonchev–Trinajstić information content (AvgIpc) is 2.68. The summed E-state index contributed by atoms with van der Waals surface area (Å²) in [6.45, 7) is 14.0. The van der Waals surface area contributed by atoms with E-state index in [1.54, 1.807) is 38.6 Å². The number of fused-ring (bicyclic) bond motifs is 1. The Balaban J connectivity index is 2.88. The highest BCUT2D eigenvalue weighted by molar-refractivity contribution is 5.94. The fourth-order valence-corrected chi connectivity index (χ4v) is 4.82. The molecule has 0 radical (unpaired) electrons. The van der Waals surface area contributed by atoms with Crippen LogP contribution in [0.1, 0.15) is 107 Å². The molecule has 0 atom stereocenters. The third kappa shape index (κ3) is 4.76. The molecule has 0 unspecified atom stereocenters. The Morgan fingerprint density at radius 2 is 1.04 bits per heavy atom. The first-order valence-electron chi connectivity index (χ1n) is 11.7. The smallest absolute Gasteiger partial charge is 0.0112 e. The molecule has 27 heavy (non-hydrogen) atoms. The number of rotatable bonds is 11. The third-order valence-corrected chi connectivity index (χ3v) is 6.31. The zero-order chi connectivity index (χ0) is 19.8. The van der Waals surface area contributed by atoms with Gasteiger partial charge in [0.25, 0.3) is 0 Å². The van der Waals surface area contributed by atoms with Crippen molar-refractivity contribution in [2.24, 2.45) is 0 Å². The first-order valence-corrected chi connectivity index (χ1v) is 11.7. The Hall–Kier alpha value is -1.30. The van der Waals surface area contributed by atoms with Gasteiger partial charge >= 0.3 is 0 Å². The fraction of sp³-hybridized carbons (Fsp3) is 0.630. The van der Waals surface area contributed by atoms with E-state index in [1.807, 2.05) is 0 Å². The predicted octanol–water partition coefficient (Wildman–Crippen LogP) is 8.30. The van der Waals surface area contributed by atoms with E-state index in [9.17, 15) is 0 Å². The highest BCUT2D eigenvalue weighted by Crippen LogP contribution is 2.37. The van der Waals surface area contributed by atoms with Crippen LogP contribution in [0.2, 0.25) is 0 Å². The van der Waals surface area contributed by atoms with E-state index in [0.717, 1.165) is 6.42 Å². The van der Waals surface area contributed by atoms with E-state index in [2.05, 4.69) is 53.7 Å². The van der Waals surface area contributed by atoms with Crippen LogP contribution in [-0.4, -0.2) is 0 Å². The van der Waals surface area contributed by atoms with Crippen LogP contribution in [0.5, 0.6) is 0 Å². The highest BCUT2D eigenvalue weighted by Gasteiger charge is 2.20. The maximum absolute atomic E-state index is 2.45. The van der Waals surface area contributed by atoms with Crippen molar-refractivity contribution in [3.63, 3.8) is 0 Å². The Morgan fingerprint density at radius 1 is 0.556 bits per heavy atom. The van der Waals surface area contributed by atoms with Crippen molar-refractivity contribution in [2.45, 2.75) is 112 Å². The van der Waals surface area contributed by atoms with Gasteiger partial charge in [-0.05, 0) is 102 Å². The van der Waals surface area contributed by atoms with Crippen molar-refractivity contribution in [1.82, 2.24) is 0 Å². The number of unbranched alkanes of at least 4 members (excludes halogenated alkanes) is 3. The molecule has 0 aliphatic carbocycles. The van der Waals surface area contributed by atoms with Crippen LogP contribution in [-0.2, 0) is 32.1 Å². The predicted molar refractivity (Wildman–Crippen MR) is 123 cm³/mol. The second-order valence-electron chi connectivity index (χ2n) is 8.22. The molecule has 0 heterocycles. The molecule has 0 aliphatic rings. The van der Waals surface area contributed by atoms with Crippen LogP contribution >= 0.6 is 0 Å². The van der Waals surface area contributed by atoms with Gasteiger partial charge < -0.3 is 0 Å². The van der Waals surface area contributed by atoms with Gasteiger partial charge in [-0.3, -0.25) is 0 Å². The number of aryl methyl sites for hydroxylation is 4. The van der Waals surface area contributed by atoms with Gasteiger partial charge in [-0.25, -0.2) is 0 Å². The highest BCUT2D eigenvalue weighted by atomic mass is 14.2. The van der Waals surface area contributed by atoms with Crippen molar-refractivity contribution < 1.29 is 0 Å². The molecule has 0 amide bonds. The van der Waals surface area contributed by atoms with E-state index >= 15 is 0 Å². The third-order valence-electron chi connectivity index (χ3n) is 6.31. The molecule has 0 nitrogen and oxygen atoms in total. The van der Waals surface area contributed by atoms with Gasteiger partial charge in [0.1, 0.15) is 0 Å². The maximum atomic E-state index is 2.45. The SMILES string of the molecule is CCCCc1c(CCCC)c(CC)c2c(CC)c(C)ccc2c1CCCC. The average molecular weight is 367 g/mol. The lowest BCUT2D eigenvalue weighted by molar-refractivity contribution is 0.733. The molecule has 0 aromatic heterocycles. The summed E-state index contributed by atoms with van der Waals surface area (Å²) in [6.07, 6.45) is 13.9. The molecule has 0 saturated carbocycles. The normalized spacial score (nSPS) is 11.5. The zero-order valence-corrected chi connectivity index (χ0v) is 18.9.